The zero-order valence-electron chi connectivity index (χ0n) is 14.4. The molecule has 0 bridgehead atoms. The zero-order chi connectivity index (χ0) is 17.6. The molecule has 0 aliphatic heterocycles. The molecule has 1 aromatic rings. The van der Waals surface area contributed by atoms with E-state index in [0.29, 0.717) is 29.4 Å². The molecule has 6 heteroatoms. The first-order chi connectivity index (χ1) is 10.8. The Hall–Kier alpha value is -1.59. The number of hydrogen-bond acceptors (Lipinski definition) is 3. The molecule has 0 aliphatic carbocycles. The summed E-state index contributed by atoms with van der Waals surface area (Å²) in [5, 5.41) is 3.16. The van der Waals surface area contributed by atoms with Gasteiger partial charge in [-0.15, -0.1) is 0 Å². The third-order valence-corrected chi connectivity index (χ3v) is 3.88. The SMILES string of the molecule is CCN(C(=O)c1cc(NC(=O)[C@@H](C)COC)ccc1Cl)C(C)C. The number of hydrogen-bond donors (Lipinski definition) is 1. The van der Waals surface area contributed by atoms with Gasteiger partial charge in [0.15, 0.2) is 0 Å². The van der Waals surface area contributed by atoms with Gasteiger partial charge in [0.1, 0.15) is 0 Å². The topological polar surface area (TPSA) is 58.6 Å². The predicted octanol–water partition coefficient (Wildman–Crippen LogP) is 3.43. The normalized spacial score (nSPS) is 12.1. The number of anilines is 1. The van der Waals surface area contributed by atoms with E-state index < -0.39 is 0 Å². The Bertz CT molecular complexity index is 561. The fourth-order valence-corrected chi connectivity index (χ4v) is 2.45. The van der Waals surface area contributed by atoms with Gasteiger partial charge in [-0.05, 0) is 39.0 Å². The third kappa shape index (κ3) is 5.22. The van der Waals surface area contributed by atoms with Gasteiger partial charge in [-0.3, -0.25) is 9.59 Å². The summed E-state index contributed by atoms with van der Waals surface area (Å²) in [5.41, 5.74) is 0.935. The van der Waals surface area contributed by atoms with Crippen molar-refractivity contribution in [1.82, 2.24) is 4.90 Å². The minimum absolute atomic E-state index is 0.0727. The zero-order valence-corrected chi connectivity index (χ0v) is 15.1. The Labute approximate surface area is 142 Å². The Morgan fingerprint density at radius 2 is 1.96 bits per heavy atom. The number of nitrogens with zero attached hydrogens (tertiary/aromatic N) is 1. The van der Waals surface area contributed by atoms with Gasteiger partial charge in [0, 0.05) is 25.4 Å². The van der Waals surface area contributed by atoms with Crippen molar-refractivity contribution >= 4 is 29.1 Å². The van der Waals surface area contributed by atoms with Gasteiger partial charge in [-0.1, -0.05) is 18.5 Å². The first-order valence-corrected chi connectivity index (χ1v) is 8.09. The highest BCUT2D eigenvalue weighted by Crippen LogP contribution is 2.23. The Morgan fingerprint density at radius 1 is 1.30 bits per heavy atom. The molecule has 2 amide bonds. The van der Waals surface area contributed by atoms with Gasteiger partial charge in [0.2, 0.25) is 5.91 Å². The van der Waals surface area contributed by atoms with Gasteiger partial charge in [0.05, 0.1) is 23.1 Å². The number of halogens is 1. The second kappa shape index (κ2) is 8.89. The van der Waals surface area contributed by atoms with Crippen molar-refractivity contribution in [2.24, 2.45) is 5.92 Å². The van der Waals surface area contributed by atoms with E-state index in [1.807, 2.05) is 20.8 Å². The molecule has 0 aliphatic rings. The van der Waals surface area contributed by atoms with Crippen LogP contribution in [0.2, 0.25) is 5.02 Å². The smallest absolute Gasteiger partial charge is 0.255 e. The maximum absolute atomic E-state index is 12.6. The largest absolute Gasteiger partial charge is 0.384 e. The highest BCUT2D eigenvalue weighted by atomic mass is 35.5. The van der Waals surface area contributed by atoms with Crippen molar-refractivity contribution in [3.8, 4) is 0 Å². The second-order valence-corrected chi connectivity index (χ2v) is 6.13. The van der Waals surface area contributed by atoms with E-state index in [2.05, 4.69) is 5.32 Å². The number of carbonyl (C=O) groups is 2. The average molecular weight is 341 g/mol. The predicted molar refractivity (Wildman–Crippen MR) is 93.0 cm³/mol. The number of amides is 2. The molecular formula is C17H25ClN2O3. The fourth-order valence-electron chi connectivity index (χ4n) is 2.26. The quantitative estimate of drug-likeness (QED) is 0.827. The molecule has 1 N–H and O–H groups in total. The van der Waals surface area contributed by atoms with Crippen LogP contribution in [0.5, 0.6) is 0 Å². The highest BCUT2D eigenvalue weighted by molar-refractivity contribution is 6.34. The van der Waals surface area contributed by atoms with Gasteiger partial charge in [0.25, 0.3) is 5.91 Å². The molecule has 0 unspecified atom stereocenters. The van der Waals surface area contributed by atoms with Crippen LogP contribution in [-0.4, -0.2) is 43.0 Å². The molecule has 1 aromatic carbocycles. The molecule has 0 fully saturated rings. The van der Waals surface area contributed by atoms with Crippen molar-refractivity contribution < 1.29 is 14.3 Å². The number of nitrogens with one attached hydrogen (secondary N) is 1. The summed E-state index contributed by atoms with van der Waals surface area (Å²) in [7, 11) is 1.55. The van der Waals surface area contributed by atoms with Gasteiger partial charge < -0.3 is 15.0 Å². The highest BCUT2D eigenvalue weighted by Gasteiger charge is 2.21. The number of ether oxygens (including phenoxy) is 1. The number of rotatable bonds is 7. The van der Waals surface area contributed by atoms with Crippen molar-refractivity contribution in [2.75, 3.05) is 25.6 Å². The summed E-state index contributed by atoms with van der Waals surface area (Å²) in [6, 6.07) is 5.00. The summed E-state index contributed by atoms with van der Waals surface area (Å²) in [6.45, 7) is 8.53. The third-order valence-electron chi connectivity index (χ3n) is 3.55. The van der Waals surface area contributed by atoms with E-state index in [1.54, 1.807) is 37.1 Å². The Balaban J connectivity index is 2.99. The molecule has 128 valence electrons. The monoisotopic (exact) mass is 340 g/mol. The van der Waals surface area contributed by atoms with Crippen LogP contribution in [0.4, 0.5) is 5.69 Å². The van der Waals surface area contributed by atoms with Gasteiger partial charge in [-0.2, -0.15) is 0 Å². The van der Waals surface area contributed by atoms with Crippen molar-refractivity contribution in [3.05, 3.63) is 28.8 Å². The van der Waals surface area contributed by atoms with E-state index in [0.717, 1.165) is 0 Å². The molecule has 1 atom stereocenters. The van der Waals surface area contributed by atoms with E-state index in [-0.39, 0.29) is 23.8 Å². The van der Waals surface area contributed by atoms with Crippen LogP contribution in [0.25, 0.3) is 0 Å². The lowest BCUT2D eigenvalue weighted by molar-refractivity contribution is -0.120. The molecule has 1 rings (SSSR count). The lowest BCUT2D eigenvalue weighted by Crippen LogP contribution is -2.36. The molecule has 0 spiro atoms. The first kappa shape index (κ1) is 19.5. The molecule has 23 heavy (non-hydrogen) atoms. The number of carbonyl (C=O) groups excluding carboxylic acids is 2. The van der Waals surface area contributed by atoms with Crippen LogP contribution in [0.15, 0.2) is 18.2 Å². The van der Waals surface area contributed by atoms with Crippen LogP contribution < -0.4 is 5.32 Å². The fraction of sp³-hybridized carbons (Fsp3) is 0.529. The lowest BCUT2D eigenvalue weighted by Gasteiger charge is -2.25. The number of benzene rings is 1. The summed E-state index contributed by atoms with van der Waals surface area (Å²) in [6.07, 6.45) is 0. The van der Waals surface area contributed by atoms with Gasteiger partial charge in [-0.25, -0.2) is 0 Å². The van der Waals surface area contributed by atoms with Crippen molar-refractivity contribution in [2.45, 2.75) is 33.7 Å². The molecule has 0 radical (unpaired) electrons. The number of methoxy groups -OCH3 is 1. The van der Waals surface area contributed by atoms with Crippen LogP contribution in [0.3, 0.4) is 0 Å². The molecular weight excluding hydrogens is 316 g/mol. The maximum atomic E-state index is 12.6. The minimum atomic E-state index is -0.280. The standard InChI is InChI=1S/C17H25ClN2O3/c1-6-20(11(2)3)17(22)14-9-13(7-8-15(14)18)19-16(21)12(4)10-23-5/h7-9,11-12H,6,10H2,1-5H3,(H,19,21)/t12-/m0/s1. The molecule has 0 aromatic heterocycles. The molecule has 0 heterocycles. The van der Waals surface area contributed by atoms with E-state index >= 15 is 0 Å². The van der Waals surface area contributed by atoms with E-state index in [9.17, 15) is 9.59 Å². The summed E-state index contributed by atoms with van der Waals surface area (Å²) in [5.74, 6) is -0.588. The maximum Gasteiger partial charge on any atom is 0.255 e. The average Bonchev–Trinajstić information content (AvgIpc) is 2.49. The summed E-state index contributed by atoms with van der Waals surface area (Å²) in [4.78, 5) is 26.4. The van der Waals surface area contributed by atoms with E-state index in [4.69, 9.17) is 16.3 Å². The van der Waals surface area contributed by atoms with E-state index in [1.165, 1.54) is 0 Å². The van der Waals surface area contributed by atoms with Crippen LogP contribution in [0, 0.1) is 5.92 Å². The lowest BCUT2D eigenvalue weighted by atomic mass is 10.1. The summed E-state index contributed by atoms with van der Waals surface area (Å²) < 4.78 is 4.97. The van der Waals surface area contributed by atoms with Gasteiger partial charge >= 0.3 is 0 Å². The van der Waals surface area contributed by atoms with Crippen molar-refractivity contribution in [1.29, 1.82) is 0 Å². The molecule has 5 nitrogen and oxygen atoms in total. The minimum Gasteiger partial charge on any atom is -0.384 e. The Morgan fingerprint density at radius 3 is 2.48 bits per heavy atom. The molecule has 0 saturated carbocycles. The van der Waals surface area contributed by atoms with Crippen molar-refractivity contribution in [3.63, 3.8) is 0 Å². The Kier molecular flexibility index (Phi) is 7.52. The molecule has 0 saturated heterocycles. The first-order valence-electron chi connectivity index (χ1n) is 7.72. The second-order valence-electron chi connectivity index (χ2n) is 5.73. The van der Waals surface area contributed by atoms with Crippen LogP contribution in [-0.2, 0) is 9.53 Å². The summed E-state index contributed by atoms with van der Waals surface area (Å²) >= 11 is 6.17. The van der Waals surface area contributed by atoms with Crippen LogP contribution in [0.1, 0.15) is 38.1 Å². The van der Waals surface area contributed by atoms with Crippen LogP contribution >= 0.6 is 11.6 Å².